The Morgan fingerprint density at radius 3 is 2.25 bits per heavy atom. The highest BCUT2D eigenvalue weighted by molar-refractivity contribution is 5.93. The molecule has 0 aromatic heterocycles. The van der Waals surface area contributed by atoms with E-state index < -0.39 is 52.6 Å². The number of aliphatic imine (C=N–C) groups is 1. The van der Waals surface area contributed by atoms with Gasteiger partial charge in [-0.15, -0.1) is 0 Å². The molecule has 3 rings (SSSR count). The molecule has 3 aliphatic carbocycles. The lowest BCUT2D eigenvalue weighted by Gasteiger charge is -2.65. The molecule has 0 spiro atoms. The van der Waals surface area contributed by atoms with Gasteiger partial charge in [0.15, 0.2) is 6.73 Å². The van der Waals surface area contributed by atoms with E-state index in [-0.39, 0.29) is 17.9 Å². The third-order valence-corrected chi connectivity index (χ3v) is 11.3. The number of ether oxygens (including phenoxy) is 2. The average Bonchev–Trinajstić information content (AvgIpc) is 3.05. The van der Waals surface area contributed by atoms with Crippen LogP contribution in [0.25, 0.3) is 0 Å². The standard InChI is InChI=1S/C42H65N3O6/c1-12-14-24-39(5,6)31-20-16-29(17-21-31)26-30-18-22-32(23-19-30)44-37(48)41(9)33(35(46)45-40(7,8)25-15-13-2)42(10,38(49)51-28(3)4)34(41)36(47)50-27-43-11/h13,15-16,18,20,22,33-35,38,45-46,49H,3,11-12,14,17,19,21,23-27H2,1-2,4-10H3,(H,44,48)/b15-13-. The molecule has 0 saturated heterocycles. The summed E-state index contributed by atoms with van der Waals surface area (Å²) in [6.45, 7) is 24.5. The van der Waals surface area contributed by atoms with Crippen molar-refractivity contribution in [2.75, 3.05) is 6.73 Å². The van der Waals surface area contributed by atoms with E-state index in [1.165, 1.54) is 36.0 Å². The zero-order valence-corrected chi connectivity index (χ0v) is 32.7. The maximum absolute atomic E-state index is 14.4. The van der Waals surface area contributed by atoms with Crippen molar-refractivity contribution in [2.45, 2.75) is 138 Å². The molecule has 1 saturated carbocycles. The van der Waals surface area contributed by atoms with E-state index in [1.807, 2.05) is 39.0 Å². The normalized spacial score (nSPS) is 26.5. The Labute approximate surface area is 307 Å². The summed E-state index contributed by atoms with van der Waals surface area (Å²) in [5.41, 5.74) is 1.68. The summed E-state index contributed by atoms with van der Waals surface area (Å²) in [5.74, 6) is -3.14. The molecule has 0 aliphatic heterocycles. The van der Waals surface area contributed by atoms with E-state index in [0.717, 1.165) is 31.4 Å². The van der Waals surface area contributed by atoms with E-state index in [9.17, 15) is 19.8 Å². The Morgan fingerprint density at radius 1 is 1.08 bits per heavy atom. The Hall–Kier alpha value is -3.27. The Bertz CT molecular complexity index is 1450. The lowest BCUT2D eigenvalue weighted by molar-refractivity contribution is -0.303. The van der Waals surface area contributed by atoms with Gasteiger partial charge in [-0.25, -0.2) is 0 Å². The number of hydrogen-bond acceptors (Lipinski definition) is 8. The van der Waals surface area contributed by atoms with Gasteiger partial charge >= 0.3 is 5.97 Å². The van der Waals surface area contributed by atoms with Gasteiger partial charge in [-0.1, -0.05) is 94.2 Å². The molecule has 4 N–H and O–H groups in total. The lowest BCUT2D eigenvalue weighted by atomic mass is 9.38. The highest BCUT2D eigenvalue weighted by Gasteiger charge is 2.77. The van der Waals surface area contributed by atoms with Crippen molar-refractivity contribution >= 4 is 18.6 Å². The molecular formula is C42H65N3O6. The summed E-state index contributed by atoms with van der Waals surface area (Å²) in [4.78, 5) is 31.8. The van der Waals surface area contributed by atoms with E-state index in [0.29, 0.717) is 12.8 Å². The number of aliphatic hydroxyl groups is 2. The number of nitrogens with one attached hydrogen (secondary N) is 2. The van der Waals surface area contributed by atoms with Crippen LogP contribution in [0.15, 0.2) is 76.2 Å². The zero-order chi connectivity index (χ0) is 38.2. The van der Waals surface area contributed by atoms with Crippen molar-refractivity contribution in [3.05, 3.63) is 71.2 Å². The van der Waals surface area contributed by atoms with Gasteiger partial charge in [0.05, 0.1) is 22.5 Å². The fourth-order valence-electron chi connectivity index (χ4n) is 8.43. The second kappa shape index (κ2) is 17.5. The third-order valence-electron chi connectivity index (χ3n) is 11.3. The number of nitrogens with zero attached hydrogens (tertiary/aromatic N) is 1. The number of carbonyl (C=O) groups excluding carboxylic acids is 2. The molecular weight excluding hydrogens is 642 g/mol. The van der Waals surface area contributed by atoms with Crippen molar-refractivity contribution in [3.8, 4) is 0 Å². The number of aliphatic hydroxyl groups excluding tert-OH is 2. The first-order valence-electron chi connectivity index (χ1n) is 18.6. The Kier molecular flexibility index (Phi) is 14.5. The van der Waals surface area contributed by atoms with Crippen molar-refractivity contribution < 1.29 is 29.3 Å². The molecule has 9 heteroatoms. The highest BCUT2D eigenvalue weighted by atomic mass is 16.6. The number of amides is 1. The van der Waals surface area contributed by atoms with Crippen LogP contribution in [0, 0.1) is 28.1 Å². The molecule has 1 fully saturated rings. The number of allylic oxidation sites excluding steroid dienone is 10. The van der Waals surface area contributed by atoms with Gasteiger partial charge in [0, 0.05) is 17.2 Å². The van der Waals surface area contributed by atoms with Crippen LogP contribution in [0.4, 0.5) is 0 Å². The zero-order valence-electron chi connectivity index (χ0n) is 32.7. The molecule has 3 aliphatic rings. The van der Waals surface area contributed by atoms with Crippen LogP contribution < -0.4 is 10.6 Å². The van der Waals surface area contributed by atoms with Gasteiger partial charge in [0.25, 0.3) is 0 Å². The molecule has 1 amide bonds. The van der Waals surface area contributed by atoms with Crippen LogP contribution in [-0.2, 0) is 19.1 Å². The Morgan fingerprint density at radius 2 is 1.73 bits per heavy atom. The quantitative estimate of drug-likeness (QED) is 0.0353. The van der Waals surface area contributed by atoms with Crippen LogP contribution in [0.1, 0.15) is 120 Å². The number of unbranched alkanes of at least 4 members (excludes halogenated alkanes) is 1. The minimum absolute atomic E-state index is 0.225. The third kappa shape index (κ3) is 9.79. The minimum Gasteiger partial charge on any atom is -0.470 e. The average molecular weight is 708 g/mol. The predicted octanol–water partition coefficient (Wildman–Crippen LogP) is 7.94. The molecule has 0 radical (unpaired) electrons. The Balaban J connectivity index is 1.90. The summed E-state index contributed by atoms with van der Waals surface area (Å²) in [6.07, 6.45) is 18.4. The molecule has 51 heavy (non-hydrogen) atoms. The van der Waals surface area contributed by atoms with E-state index in [4.69, 9.17) is 9.47 Å². The summed E-state index contributed by atoms with van der Waals surface area (Å²) >= 11 is 0. The van der Waals surface area contributed by atoms with Crippen molar-refractivity contribution in [3.63, 3.8) is 0 Å². The molecule has 0 aromatic carbocycles. The summed E-state index contributed by atoms with van der Waals surface area (Å²) in [7, 11) is 0. The smallest absolute Gasteiger partial charge is 0.312 e. The van der Waals surface area contributed by atoms with Gasteiger partial charge in [-0.3, -0.25) is 19.9 Å². The fraction of sp³-hybridized carbons (Fsp3) is 0.643. The first-order chi connectivity index (χ1) is 23.9. The first kappa shape index (κ1) is 42.1. The minimum atomic E-state index is -1.58. The van der Waals surface area contributed by atoms with Crippen molar-refractivity contribution in [2.24, 2.45) is 33.1 Å². The number of hydrogen-bond donors (Lipinski definition) is 4. The highest BCUT2D eigenvalue weighted by Crippen LogP contribution is 2.67. The first-order valence-corrected chi connectivity index (χ1v) is 18.6. The topological polar surface area (TPSA) is 129 Å². The van der Waals surface area contributed by atoms with Crippen molar-refractivity contribution in [1.29, 1.82) is 0 Å². The van der Waals surface area contributed by atoms with Gasteiger partial charge in [0.1, 0.15) is 6.23 Å². The van der Waals surface area contributed by atoms with E-state index in [2.05, 4.69) is 67.9 Å². The van der Waals surface area contributed by atoms with Crippen LogP contribution in [0.5, 0.6) is 0 Å². The second-order valence-corrected chi connectivity index (χ2v) is 16.4. The fourth-order valence-corrected chi connectivity index (χ4v) is 8.43. The van der Waals surface area contributed by atoms with Gasteiger partial charge in [-0.2, -0.15) is 0 Å². The number of esters is 1. The molecule has 0 heterocycles. The van der Waals surface area contributed by atoms with Crippen LogP contribution in [-0.4, -0.2) is 53.6 Å². The van der Waals surface area contributed by atoms with Gasteiger partial charge in [0.2, 0.25) is 12.2 Å². The molecule has 0 bridgehead atoms. The summed E-state index contributed by atoms with van der Waals surface area (Å²) in [6, 6.07) is 0. The lowest BCUT2D eigenvalue weighted by Crippen LogP contribution is -2.77. The van der Waals surface area contributed by atoms with Gasteiger partial charge < -0.3 is 25.0 Å². The molecule has 6 atom stereocenters. The molecule has 284 valence electrons. The van der Waals surface area contributed by atoms with Crippen LogP contribution in [0.2, 0.25) is 0 Å². The molecule has 6 unspecified atom stereocenters. The SMILES string of the molecule is C=NCOC(=O)C1C(C)(C(=O)NC2=CC=C(CC3=CC=C(C(C)(C)CCCC)CC3)CC2)C(C(O)NC(C)(C)C/C=C\C)C1(C)C(O)OC(=C)C. The maximum atomic E-state index is 14.4. The second-order valence-electron chi connectivity index (χ2n) is 16.4. The predicted molar refractivity (Wildman–Crippen MR) is 205 cm³/mol. The molecule has 0 aromatic rings. The monoisotopic (exact) mass is 707 g/mol. The largest absolute Gasteiger partial charge is 0.470 e. The van der Waals surface area contributed by atoms with Crippen LogP contribution >= 0.6 is 0 Å². The summed E-state index contributed by atoms with van der Waals surface area (Å²) < 4.78 is 11.1. The summed E-state index contributed by atoms with van der Waals surface area (Å²) in [5, 5.41) is 29.7. The number of rotatable bonds is 19. The van der Waals surface area contributed by atoms with E-state index >= 15 is 0 Å². The maximum Gasteiger partial charge on any atom is 0.312 e. The molecule has 9 nitrogen and oxygen atoms in total. The number of carbonyl (C=O) groups is 2. The van der Waals surface area contributed by atoms with Gasteiger partial charge in [-0.05, 0) is 97.8 Å². The van der Waals surface area contributed by atoms with Crippen LogP contribution in [0.3, 0.4) is 0 Å². The van der Waals surface area contributed by atoms with E-state index in [1.54, 1.807) is 20.8 Å². The van der Waals surface area contributed by atoms with Crippen molar-refractivity contribution in [1.82, 2.24) is 10.6 Å².